The molecule has 14 heteroatoms. The number of piperazine rings is 1. The van der Waals surface area contributed by atoms with Gasteiger partial charge in [0.05, 0.1) is 40.8 Å². The number of sulfonamides is 1. The van der Waals surface area contributed by atoms with E-state index in [1.807, 2.05) is 0 Å². The minimum absolute atomic E-state index is 0.170. The molecule has 0 spiro atoms. The monoisotopic (exact) mass is 537 g/mol. The number of thiazole rings is 1. The molecule has 0 saturated carbocycles. The third kappa shape index (κ3) is 5.62. The van der Waals surface area contributed by atoms with Crippen molar-refractivity contribution < 1.29 is 17.9 Å². The van der Waals surface area contributed by atoms with E-state index in [2.05, 4.69) is 26.2 Å². The minimum atomic E-state index is -3.15. The maximum atomic E-state index is 11.8. The van der Waals surface area contributed by atoms with E-state index < -0.39 is 10.0 Å². The van der Waals surface area contributed by atoms with Crippen molar-refractivity contribution in [2.75, 3.05) is 69.0 Å². The lowest BCUT2D eigenvalue weighted by Crippen LogP contribution is -2.47. The molecule has 0 atom stereocenters. The summed E-state index contributed by atoms with van der Waals surface area (Å²) in [6, 6.07) is 2.10. The van der Waals surface area contributed by atoms with Crippen LogP contribution in [0.1, 0.15) is 11.8 Å². The van der Waals surface area contributed by atoms with Gasteiger partial charge >= 0.3 is 0 Å². The van der Waals surface area contributed by atoms with E-state index in [1.165, 1.54) is 28.8 Å². The number of nitrogens with one attached hydrogen (secondary N) is 1. The number of carbonyl (C=O) groups excluding carboxylic acids is 1. The van der Waals surface area contributed by atoms with Crippen LogP contribution >= 0.6 is 22.7 Å². The third-order valence-corrected chi connectivity index (χ3v) is 9.22. The quantitative estimate of drug-likeness (QED) is 0.501. The fraction of sp³-hybridized carbons (Fsp3) is 0.524. The molecule has 0 aromatic carbocycles. The van der Waals surface area contributed by atoms with Crippen LogP contribution in [-0.2, 0) is 26.1 Å². The van der Waals surface area contributed by atoms with Crippen LogP contribution in [0, 0.1) is 0 Å². The number of anilines is 2. The fourth-order valence-electron chi connectivity index (χ4n) is 4.17. The highest BCUT2D eigenvalue weighted by atomic mass is 32.2. The number of morpholine rings is 1. The molecule has 1 amide bonds. The zero-order valence-corrected chi connectivity index (χ0v) is 22.0. The van der Waals surface area contributed by atoms with E-state index in [-0.39, 0.29) is 5.91 Å². The van der Waals surface area contributed by atoms with Gasteiger partial charge in [-0.25, -0.2) is 23.4 Å². The summed E-state index contributed by atoms with van der Waals surface area (Å²) >= 11 is 3.03. The molecule has 5 heterocycles. The van der Waals surface area contributed by atoms with Crippen molar-refractivity contribution in [2.45, 2.75) is 13.5 Å². The fourth-order valence-corrected chi connectivity index (χ4v) is 6.95. The molecule has 0 aliphatic carbocycles. The average molecular weight is 538 g/mol. The number of fused-ring (bicyclic) bond motifs is 1. The number of rotatable bonds is 6. The second-order valence-corrected chi connectivity index (χ2v) is 12.7. The molecule has 2 fully saturated rings. The van der Waals surface area contributed by atoms with Crippen molar-refractivity contribution in [2.24, 2.45) is 0 Å². The second-order valence-electron chi connectivity index (χ2n) is 8.55. The predicted molar refractivity (Wildman–Crippen MR) is 138 cm³/mol. The van der Waals surface area contributed by atoms with Gasteiger partial charge in [-0.2, -0.15) is 4.31 Å². The zero-order valence-electron chi connectivity index (χ0n) is 19.6. The van der Waals surface area contributed by atoms with Crippen molar-refractivity contribution >= 4 is 59.8 Å². The molecular weight excluding hydrogens is 510 g/mol. The number of ether oxygens (including phenoxy) is 1. The molecule has 35 heavy (non-hydrogen) atoms. The second kappa shape index (κ2) is 10.0. The Morgan fingerprint density at radius 2 is 1.86 bits per heavy atom. The third-order valence-electron chi connectivity index (χ3n) is 5.90. The molecule has 3 aromatic rings. The molecule has 11 nitrogen and oxygen atoms in total. The zero-order chi connectivity index (χ0) is 24.6. The molecule has 2 aliphatic heterocycles. The summed E-state index contributed by atoms with van der Waals surface area (Å²) in [6.07, 6.45) is 2.95. The summed E-state index contributed by atoms with van der Waals surface area (Å²) in [6.45, 7) is 7.41. The number of nitrogens with zero attached hydrogens (tertiary/aromatic N) is 6. The van der Waals surface area contributed by atoms with Gasteiger partial charge < -0.3 is 15.0 Å². The van der Waals surface area contributed by atoms with Crippen molar-refractivity contribution in [3.8, 4) is 10.7 Å². The Bertz CT molecular complexity index is 1330. The Balaban J connectivity index is 1.44. The molecule has 1 N–H and O–H groups in total. The highest BCUT2D eigenvalue weighted by Gasteiger charge is 2.25. The van der Waals surface area contributed by atoms with Crippen molar-refractivity contribution in [1.29, 1.82) is 0 Å². The Morgan fingerprint density at radius 3 is 2.54 bits per heavy atom. The smallest absolute Gasteiger partial charge is 0.223 e. The van der Waals surface area contributed by atoms with Gasteiger partial charge in [-0.15, -0.1) is 11.3 Å². The van der Waals surface area contributed by atoms with Gasteiger partial charge in [0.25, 0.3) is 0 Å². The Kier molecular flexibility index (Phi) is 7.01. The van der Waals surface area contributed by atoms with Gasteiger partial charge in [0, 0.05) is 57.6 Å². The van der Waals surface area contributed by atoms with Crippen LogP contribution in [0.25, 0.3) is 20.9 Å². The summed E-state index contributed by atoms with van der Waals surface area (Å²) in [4.78, 5) is 31.9. The molecule has 2 saturated heterocycles. The van der Waals surface area contributed by atoms with E-state index in [0.717, 1.165) is 45.4 Å². The van der Waals surface area contributed by atoms with E-state index >= 15 is 0 Å². The maximum Gasteiger partial charge on any atom is 0.223 e. The summed E-state index contributed by atoms with van der Waals surface area (Å²) in [5, 5.41) is 3.23. The number of hydrogen-bond acceptors (Lipinski definition) is 11. The van der Waals surface area contributed by atoms with Gasteiger partial charge in [-0.3, -0.25) is 9.69 Å². The first-order valence-electron chi connectivity index (χ1n) is 11.3. The average Bonchev–Trinajstić information content (AvgIpc) is 3.45. The van der Waals surface area contributed by atoms with Crippen LogP contribution in [0.3, 0.4) is 0 Å². The van der Waals surface area contributed by atoms with Gasteiger partial charge in [-0.05, 0) is 6.07 Å². The lowest BCUT2D eigenvalue weighted by atomic mass is 10.3. The Labute approximate surface area is 211 Å². The lowest BCUT2D eigenvalue weighted by molar-refractivity contribution is -0.114. The molecule has 0 radical (unpaired) electrons. The van der Waals surface area contributed by atoms with Crippen LogP contribution in [0.4, 0.5) is 10.9 Å². The van der Waals surface area contributed by atoms with Gasteiger partial charge in [0.2, 0.25) is 15.9 Å². The topological polar surface area (TPSA) is 121 Å². The van der Waals surface area contributed by atoms with E-state index in [0.29, 0.717) is 50.3 Å². The molecule has 0 unspecified atom stereocenters. The minimum Gasteiger partial charge on any atom is -0.378 e. The number of aromatic nitrogens is 3. The first-order valence-corrected chi connectivity index (χ1v) is 14.8. The summed E-state index contributed by atoms with van der Waals surface area (Å²) < 4.78 is 31.7. The Hall–Kier alpha value is -2.23. The lowest BCUT2D eigenvalue weighted by Gasteiger charge is -2.32. The molecule has 5 rings (SSSR count). The molecular formula is C21H27N7O4S3. The van der Waals surface area contributed by atoms with Crippen molar-refractivity contribution in [3.63, 3.8) is 0 Å². The molecule has 3 aromatic heterocycles. The first-order chi connectivity index (χ1) is 16.8. The maximum absolute atomic E-state index is 11.8. The highest BCUT2D eigenvalue weighted by Crippen LogP contribution is 2.36. The molecule has 0 bridgehead atoms. The van der Waals surface area contributed by atoms with Gasteiger partial charge in [0.15, 0.2) is 16.8 Å². The Morgan fingerprint density at radius 1 is 1.11 bits per heavy atom. The first kappa shape index (κ1) is 24.5. The van der Waals surface area contributed by atoms with E-state index in [4.69, 9.17) is 14.7 Å². The number of hydrogen-bond donors (Lipinski definition) is 1. The number of thiophene rings is 1. The van der Waals surface area contributed by atoms with Crippen LogP contribution < -0.4 is 10.2 Å². The highest BCUT2D eigenvalue weighted by molar-refractivity contribution is 7.88. The van der Waals surface area contributed by atoms with Crippen molar-refractivity contribution in [3.05, 3.63) is 17.1 Å². The van der Waals surface area contributed by atoms with Crippen LogP contribution in [0.2, 0.25) is 0 Å². The molecule has 2 aliphatic rings. The van der Waals surface area contributed by atoms with Crippen LogP contribution in [0.5, 0.6) is 0 Å². The predicted octanol–water partition coefficient (Wildman–Crippen LogP) is 1.69. The summed E-state index contributed by atoms with van der Waals surface area (Å²) in [5.41, 5.74) is 0.876. The summed E-state index contributed by atoms with van der Waals surface area (Å²) in [7, 11) is -3.15. The summed E-state index contributed by atoms with van der Waals surface area (Å²) in [5.74, 6) is 1.30. The van der Waals surface area contributed by atoms with E-state index in [9.17, 15) is 13.2 Å². The number of amides is 1. The standard InChI is InChI=1S/C21H27N7O4S3/c1-14(29)23-21-22-12-17(34-21)19-24-16-11-15(13-26-3-5-28(6-4-26)35(2,30)31)33-18(16)20(25-19)27-7-9-32-10-8-27/h11-12H,3-10,13H2,1-2H3,(H,22,23,29). The van der Waals surface area contributed by atoms with Gasteiger partial charge in [-0.1, -0.05) is 11.3 Å². The van der Waals surface area contributed by atoms with Crippen LogP contribution in [0.15, 0.2) is 12.3 Å². The van der Waals surface area contributed by atoms with Crippen LogP contribution in [-0.4, -0.2) is 97.2 Å². The van der Waals surface area contributed by atoms with E-state index in [1.54, 1.807) is 17.5 Å². The normalized spacial score (nSPS) is 18.3. The van der Waals surface area contributed by atoms with Crippen molar-refractivity contribution in [1.82, 2.24) is 24.2 Å². The molecule has 188 valence electrons. The number of carbonyl (C=O) groups is 1. The van der Waals surface area contributed by atoms with Gasteiger partial charge in [0.1, 0.15) is 0 Å². The SMILES string of the molecule is CC(=O)Nc1ncc(-c2nc(N3CCOCC3)c3sc(CN4CCN(S(C)(=O)=O)CC4)cc3n2)s1. The largest absolute Gasteiger partial charge is 0.378 e.